The molecule has 1 amide bonds. The van der Waals surface area contributed by atoms with E-state index in [0.29, 0.717) is 6.54 Å². The molecule has 1 unspecified atom stereocenters. The third-order valence-electron chi connectivity index (χ3n) is 5.41. The molecule has 2 aromatic carbocycles. The van der Waals surface area contributed by atoms with Crippen LogP contribution in [0.5, 0.6) is 5.75 Å². The van der Waals surface area contributed by atoms with Crippen LogP contribution in [0.15, 0.2) is 60.0 Å². The third kappa shape index (κ3) is 4.35. The number of carbonyl (C=O) groups excluding carboxylic acids is 1. The van der Waals surface area contributed by atoms with Crippen molar-refractivity contribution in [2.45, 2.75) is 19.0 Å². The molecule has 1 aliphatic heterocycles. The predicted molar refractivity (Wildman–Crippen MR) is 120 cm³/mol. The molecule has 5 nitrogen and oxygen atoms in total. The van der Waals surface area contributed by atoms with E-state index < -0.39 is 0 Å². The SMILES string of the molecule is COCC(=O)N1CCc2sccc2C1c1ccc(NCc2cccc(OC)c2)cc1. The van der Waals surface area contributed by atoms with Crippen molar-refractivity contribution in [1.82, 2.24) is 4.90 Å². The van der Waals surface area contributed by atoms with Crippen molar-refractivity contribution in [3.05, 3.63) is 81.5 Å². The Kier molecular flexibility index (Phi) is 6.35. The highest BCUT2D eigenvalue weighted by Gasteiger charge is 2.32. The molecular formula is C24H26N2O3S. The molecule has 0 aliphatic carbocycles. The molecular weight excluding hydrogens is 396 g/mol. The number of fused-ring (bicyclic) bond motifs is 1. The quantitative estimate of drug-likeness (QED) is 0.610. The van der Waals surface area contributed by atoms with Gasteiger partial charge in [-0.1, -0.05) is 24.3 Å². The second-order valence-electron chi connectivity index (χ2n) is 7.30. The van der Waals surface area contributed by atoms with Gasteiger partial charge in [-0.05, 0) is 58.8 Å². The van der Waals surface area contributed by atoms with Crippen LogP contribution in [-0.4, -0.2) is 38.2 Å². The lowest BCUT2D eigenvalue weighted by Crippen LogP contribution is -2.41. The summed E-state index contributed by atoms with van der Waals surface area (Å²) in [5, 5.41) is 5.57. The number of ether oxygens (including phenoxy) is 2. The zero-order valence-electron chi connectivity index (χ0n) is 17.3. The van der Waals surface area contributed by atoms with Crippen LogP contribution in [0.4, 0.5) is 5.69 Å². The number of nitrogens with zero attached hydrogens (tertiary/aromatic N) is 1. The first-order chi connectivity index (χ1) is 14.7. The number of benzene rings is 2. The molecule has 0 radical (unpaired) electrons. The van der Waals surface area contributed by atoms with Crippen molar-refractivity contribution in [3.63, 3.8) is 0 Å². The number of amides is 1. The molecule has 6 heteroatoms. The predicted octanol–water partition coefficient (Wildman–Crippen LogP) is 4.49. The fourth-order valence-electron chi connectivity index (χ4n) is 3.92. The molecule has 2 heterocycles. The van der Waals surface area contributed by atoms with Crippen molar-refractivity contribution in [1.29, 1.82) is 0 Å². The summed E-state index contributed by atoms with van der Waals surface area (Å²) in [5.41, 5.74) is 4.54. The van der Waals surface area contributed by atoms with Crippen LogP contribution in [-0.2, 0) is 22.5 Å². The third-order valence-corrected chi connectivity index (χ3v) is 6.41. The summed E-state index contributed by atoms with van der Waals surface area (Å²) >= 11 is 1.77. The van der Waals surface area contributed by atoms with Crippen LogP contribution >= 0.6 is 11.3 Å². The van der Waals surface area contributed by atoms with E-state index in [-0.39, 0.29) is 18.6 Å². The first-order valence-corrected chi connectivity index (χ1v) is 10.9. The van der Waals surface area contributed by atoms with Gasteiger partial charge >= 0.3 is 0 Å². The number of carbonyl (C=O) groups is 1. The minimum absolute atomic E-state index is 0.0274. The monoisotopic (exact) mass is 422 g/mol. The standard InChI is InChI=1S/C24H26N2O3S/c1-28-16-23(27)26-12-10-22-21(11-13-30-22)24(26)18-6-8-19(9-7-18)25-15-17-4-3-5-20(14-17)29-2/h3-9,11,13-14,24-25H,10,12,15-16H2,1-2H3. The van der Waals surface area contributed by atoms with Gasteiger partial charge in [0.05, 0.1) is 13.2 Å². The molecule has 0 fully saturated rings. The Hall–Kier alpha value is -2.83. The molecule has 156 valence electrons. The minimum atomic E-state index is -0.0601. The zero-order chi connectivity index (χ0) is 20.9. The van der Waals surface area contributed by atoms with Gasteiger partial charge in [-0.3, -0.25) is 4.79 Å². The van der Waals surface area contributed by atoms with Crippen LogP contribution in [0.25, 0.3) is 0 Å². The second kappa shape index (κ2) is 9.32. The van der Waals surface area contributed by atoms with E-state index in [9.17, 15) is 4.79 Å². The van der Waals surface area contributed by atoms with E-state index in [0.717, 1.165) is 35.5 Å². The van der Waals surface area contributed by atoms with Crippen LogP contribution in [0.3, 0.4) is 0 Å². The number of nitrogens with one attached hydrogen (secondary N) is 1. The smallest absolute Gasteiger partial charge is 0.249 e. The number of methoxy groups -OCH3 is 2. The number of hydrogen-bond acceptors (Lipinski definition) is 5. The maximum absolute atomic E-state index is 12.7. The first-order valence-electron chi connectivity index (χ1n) is 10.0. The summed E-state index contributed by atoms with van der Waals surface area (Å²) < 4.78 is 10.4. The maximum Gasteiger partial charge on any atom is 0.249 e. The van der Waals surface area contributed by atoms with E-state index in [1.165, 1.54) is 10.4 Å². The van der Waals surface area contributed by atoms with Crippen molar-refractivity contribution in [2.75, 3.05) is 32.7 Å². The lowest BCUT2D eigenvalue weighted by molar-refractivity contribution is -0.137. The van der Waals surface area contributed by atoms with Gasteiger partial charge in [-0.25, -0.2) is 0 Å². The van der Waals surface area contributed by atoms with Crippen LogP contribution in [0, 0.1) is 0 Å². The Labute approximate surface area is 181 Å². The Morgan fingerprint density at radius 3 is 2.77 bits per heavy atom. The average molecular weight is 423 g/mol. The van der Waals surface area contributed by atoms with E-state index in [1.807, 2.05) is 23.1 Å². The summed E-state index contributed by atoms with van der Waals surface area (Å²) in [5.74, 6) is 0.883. The Bertz CT molecular complexity index is 1000. The zero-order valence-corrected chi connectivity index (χ0v) is 18.1. The van der Waals surface area contributed by atoms with E-state index in [1.54, 1.807) is 25.6 Å². The highest BCUT2D eigenvalue weighted by atomic mass is 32.1. The van der Waals surface area contributed by atoms with E-state index in [4.69, 9.17) is 9.47 Å². The summed E-state index contributed by atoms with van der Waals surface area (Å²) in [6, 6.07) is 18.5. The van der Waals surface area contributed by atoms with Crippen molar-refractivity contribution >= 4 is 22.9 Å². The lowest BCUT2D eigenvalue weighted by atomic mass is 9.93. The molecule has 1 aromatic heterocycles. The summed E-state index contributed by atoms with van der Waals surface area (Å²) in [7, 11) is 3.24. The molecule has 0 spiro atoms. The van der Waals surface area contributed by atoms with Gasteiger partial charge in [0.2, 0.25) is 5.91 Å². The van der Waals surface area contributed by atoms with Crippen molar-refractivity contribution in [3.8, 4) is 5.75 Å². The van der Waals surface area contributed by atoms with Crippen molar-refractivity contribution < 1.29 is 14.3 Å². The van der Waals surface area contributed by atoms with Gasteiger partial charge in [0.1, 0.15) is 12.4 Å². The van der Waals surface area contributed by atoms with Crippen LogP contribution in [0.1, 0.15) is 27.6 Å². The van der Waals surface area contributed by atoms with Gasteiger partial charge in [0, 0.05) is 30.8 Å². The average Bonchev–Trinajstić information content (AvgIpc) is 3.26. The molecule has 4 rings (SSSR count). The van der Waals surface area contributed by atoms with Crippen LogP contribution in [0.2, 0.25) is 0 Å². The van der Waals surface area contributed by atoms with Gasteiger partial charge < -0.3 is 19.7 Å². The number of hydrogen-bond donors (Lipinski definition) is 1. The largest absolute Gasteiger partial charge is 0.497 e. The van der Waals surface area contributed by atoms with Gasteiger partial charge in [0.25, 0.3) is 0 Å². The molecule has 30 heavy (non-hydrogen) atoms. The molecule has 0 saturated heterocycles. The Morgan fingerprint density at radius 1 is 1.17 bits per heavy atom. The highest BCUT2D eigenvalue weighted by Crippen LogP contribution is 2.38. The summed E-state index contributed by atoms with van der Waals surface area (Å²) in [4.78, 5) is 16.0. The topological polar surface area (TPSA) is 50.8 Å². The first kappa shape index (κ1) is 20.4. The summed E-state index contributed by atoms with van der Waals surface area (Å²) in [6.07, 6.45) is 0.902. The van der Waals surface area contributed by atoms with E-state index in [2.05, 4.69) is 47.1 Å². The number of thiophene rings is 1. The molecule has 1 N–H and O–H groups in total. The lowest BCUT2D eigenvalue weighted by Gasteiger charge is -2.36. The highest BCUT2D eigenvalue weighted by molar-refractivity contribution is 7.10. The molecule has 0 bridgehead atoms. The normalized spacial score (nSPS) is 15.5. The van der Waals surface area contributed by atoms with Gasteiger partial charge in [0.15, 0.2) is 0 Å². The van der Waals surface area contributed by atoms with Crippen molar-refractivity contribution in [2.24, 2.45) is 0 Å². The molecule has 1 aliphatic rings. The number of rotatable bonds is 7. The molecule has 3 aromatic rings. The van der Waals surface area contributed by atoms with Gasteiger partial charge in [-0.15, -0.1) is 11.3 Å². The minimum Gasteiger partial charge on any atom is -0.497 e. The Balaban J connectivity index is 1.52. The van der Waals surface area contributed by atoms with Gasteiger partial charge in [-0.2, -0.15) is 0 Å². The van der Waals surface area contributed by atoms with E-state index >= 15 is 0 Å². The van der Waals surface area contributed by atoms with Crippen LogP contribution < -0.4 is 10.1 Å². The fraction of sp³-hybridized carbons (Fsp3) is 0.292. The molecule has 1 atom stereocenters. The fourth-order valence-corrected chi connectivity index (χ4v) is 4.82. The Morgan fingerprint density at radius 2 is 2.00 bits per heavy atom. The summed E-state index contributed by atoms with van der Waals surface area (Å²) in [6.45, 7) is 1.54. The second-order valence-corrected chi connectivity index (χ2v) is 8.30. The number of anilines is 1. The molecule has 0 saturated carbocycles. The maximum atomic E-state index is 12.7.